The third-order valence-corrected chi connectivity index (χ3v) is 10.9. The number of carbonyl (C=O) groups is 1. The molecular weight excluding hydrogens is 695 g/mol. The van der Waals surface area contributed by atoms with E-state index in [0.717, 1.165) is 35.6 Å². The molecule has 0 aromatic heterocycles. The summed E-state index contributed by atoms with van der Waals surface area (Å²) in [6, 6.07) is 33.1. The van der Waals surface area contributed by atoms with Gasteiger partial charge in [0, 0.05) is 25.2 Å². The average Bonchev–Trinajstić information content (AvgIpc) is 3.17. The molecule has 2 aliphatic rings. The first-order chi connectivity index (χ1) is 26.6. The van der Waals surface area contributed by atoms with Crippen LogP contribution in [0.4, 0.5) is 13.6 Å². The first-order valence-electron chi connectivity index (χ1n) is 20.1. The van der Waals surface area contributed by atoms with Gasteiger partial charge >= 0.3 is 6.09 Å². The number of hydrogen-bond donors (Lipinski definition) is 0. The normalized spacial score (nSPS) is 19.3. The molecule has 0 spiro atoms. The number of morpholine rings is 1. The van der Waals surface area contributed by atoms with Crippen molar-refractivity contribution in [2.45, 2.75) is 122 Å². The van der Waals surface area contributed by atoms with Gasteiger partial charge in [-0.1, -0.05) is 123 Å². The minimum absolute atomic E-state index is 0.138. The molecule has 1 heterocycles. The van der Waals surface area contributed by atoms with Crippen molar-refractivity contribution in [3.8, 4) is 0 Å². The number of amides is 1. The zero-order chi connectivity index (χ0) is 38.6. The molecule has 0 N–H and O–H groups in total. The number of carbonyl (C=O) groups excluding carboxylic acids is 1. The topological polar surface area (TPSA) is 51.2 Å². The minimum Gasteiger partial charge on any atom is -0.444 e. The fraction of sp³-hybridized carbons (Fsp3) is 0.468. The van der Waals surface area contributed by atoms with Crippen molar-refractivity contribution >= 4 is 6.09 Å². The molecule has 0 radical (unpaired) electrons. The van der Waals surface area contributed by atoms with Gasteiger partial charge in [0.1, 0.15) is 17.2 Å². The van der Waals surface area contributed by atoms with Crippen LogP contribution in [0.2, 0.25) is 0 Å². The SMILES string of the molecule is CC(C)(C)OC(=O)N1CC(CCC2CCCCC2)OCC1[C@@H](OCc1ccccc1)[C@H](Cc1cc(F)cc(F)c1)N(Cc1ccccc1)Cc1ccccc1. The Morgan fingerprint density at radius 1 is 0.782 bits per heavy atom. The molecule has 4 aromatic carbocycles. The molecule has 8 heteroatoms. The number of rotatable bonds is 15. The van der Waals surface area contributed by atoms with Crippen molar-refractivity contribution in [3.05, 3.63) is 143 Å². The molecule has 55 heavy (non-hydrogen) atoms. The van der Waals surface area contributed by atoms with Gasteiger partial charge in [-0.15, -0.1) is 0 Å². The van der Waals surface area contributed by atoms with E-state index in [1.54, 1.807) is 0 Å². The Balaban J connectivity index is 1.42. The van der Waals surface area contributed by atoms with E-state index < -0.39 is 41.5 Å². The minimum atomic E-state index is -0.719. The molecule has 4 atom stereocenters. The fourth-order valence-corrected chi connectivity index (χ4v) is 8.20. The maximum Gasteiger partial charge on any atom is 0.410 e. The summed E-state index contributed by atoms with van der Waals surface area (Å²) in [5.41, 5.74) is 2.94. The summed E-state index contributed by atoms with van der Waals surface area (Å²) >= 11 is 0. The van der Waals surface area contributed by atoms with Crippen LogP contribution in [0.25, 0.3) is 0 Å². The van der Waals surface area contributed by atoms with Gasteiger partial charge in [-0.2, -0.15) is 0 Å². The second-order valence-corrected chi connectivity index (χ2v) is 16.4. The van der Waals surface area contributed by atoms with Gasteiger partial charge in [0.25, 0.3) is 0 Å². The summed E-state index contributed by atoms with van der Waals surface area (Å²) in [6.45, 7) is 7.60. The lowest BCUT2D eigenvalue weighted by Gasteiger charge is -2.47. The van der Waals surface area contributed by atoms with E-state index >= 15 is 0 Å². The number of benzene rings is 4. The van der Waals surface area contributed by atoms with Gasteiger partial charge < -0.3 is 14.2 Å². The highest BCUT2D eigenvalue weighted by atomic mass is 19.1. The van der Waals surface area contributed by atoms with Gasteiger partial charge in [0.2, 0.25) is 0 Å². The molecule has 1 saturated carbocycles. The number of hydrogen-bond acceptors (Lipinski definition) is 5. The van der Waals surface area contributed by atoms with E-state index in [1.165, 1.54) is 44.2 Å². The number of halogens is 2. The first-order valence-corrected chi connectivity index (χ1v) is 20.1. The quantitative estimate of drug-likeness (QED) is 0.121. The summed E-state index contributed by atoms with van der Waals surface area (Å²) in [5.74, 6) is -0.580. The molecule has 2 fully saturated rings. The summed E-state index contributed by atoms with van der Waals surface area (Å²) < 4.78 is 49.7. The maximum absolute atomic E-state index is 14.9. The van der Waals surface area contributed by atoms with Gasteiger partial charge in [0.05, 0.1) is 38.0 Å². The molecule has 294 valence electrons. The van der Waals surface area contributed by atoms with E-state index in [1.807, 2.05) is 92.4 Å². The molecule has 6 rings (SSSR count). The summed E-state index contributed by atoms with van der Waals surface area (Å²) in [4.78, 5) is 18.5. The van der Waals surface area contributed by atoms with Crippen LogP contribution in [-0.4, -0.2) is 58.9 Å². The molecule has 2 unspecified atom stereocenters. The largest absolute Gasteiger partial charge is 0.444 e. The Morgan fingerprint density at radius 3 is 1.91 bits per heavy atom. The van der Waals surface area contributed by atoms with E-state index in [2.05, 4.69) is 29.2 Å². The van der Waals surface area contributed by atoms with Gasteiger partial charge in [0.15, 0.2) is 0 Å². The Morgan fingerprint density at radius 2 is 1.35 bits per heavy atom. The fourth-order valence-electron chi connectivity index (χ4n) is 8.20. The van der Waals surface area contributed by atoms with Crippen LogP contribution >= 0.6 is 0 Å². The monoisotopic (exact) mass is 752 g/mol. The zero-order valence-electron chi connectivity index (χ0n) is 32.8. The van der Waals surface area contributed by atoms with Crippen LogP contribution in [0.3, 0.4) is 0 Å². The molecular formula is C47H58F2N2O4. The standard InChI is InChI=1S/C47H58F2N2O4/c1-47(2,3)55-46(52)51-32-42(25-24-35-16-8-4-9-17-35)53-34-44(51)45(54-33-38-22-14-7-15-23-38)43(28-39-26-40(48)29-41(49)27-39)50(30-36-18-10-5-11-19-36)31-37-20-12-6-13-21-37/h5-7,10-15,18-23,26-27,29,35,42-45H,4,8-9,16-17,24-25,28,30-34H2,1-3H3/t42?,43-,44?,45-/m0/s1. The Labute approximate surface area is 326 Å². The molecule has 6 nitrogen and oxygen atoms in total. The van der Waals surface area contributed by atoms with Crippen LogP contribution in [0.15, 0.2) is 109 Å². The maximum atomic E-state index is 14.9. The number of nitrogens with zero attached hydrogens (tertiary/aromatic N) is 2. The predicted molar refractivity (Wildman–Crippen MR) is 213 cm³/mol. The van der Waals surface area contributed by atoms with E-state index in [0.29, 0.717) is 31.1 Å². The van der Waals surface area contributed by atoms with E-state index in [9.17, 15) is 13.6 Å². The highest BCUT2D eigenvalue weighted by Gasteiger charge is 2.44. The predicted octanol–water partition coefficient (Wildman–Crippen LogP) is 10.5. The summed E-state index contributed by atoms with van der Waals surface area (Å²) in [5, 5.41) is 0. The summed E-state index contributed by atoms with van der Waals surface area (Å²) in [7, 11) is 0. The molecule has 0 bridgehead atoms. The smallest absolute Gasteiger partial charge is 0.410 e. The zero-order valence-corrected chi connectivity index (χ0v) is 32.8. The van der Waals surface area contributed by atoms with Crippen molar-refractivity contribution < 1.29 is 27.8 Å². The van der Waals surface area contributed by atoms with E-state index in [-0.39, 0.29) is 25.7 Å². The Bertz CT molecular complexity index is 1690. The van der Waals surface area contributed by atoms with Gasteiger partial charge in [-0.05, 0) is 80.3 Å². The third-order valence-electron chi connectivity index (χ3n) is 10.9. The first kappa shape index (κ1) is 40.6. The lowest BCUT2D eigenvalue weighted by Crippen LogP contribution is -2.63. The Hall–Kier alpha value is -4.11. The van der Waals surface area contributed by atoms with Crippen molar-refractivity contribution in [2.24, 2.45) is 5.92 Å². The second-order valence-electron chi connectivity index (χ2n) is 16.4. The van der Waals surface area contributed by atoms with Crippen molar-refractivity contribution in [1.82, 2.24) is 9.80 Å². The summed E-state index contributed by atoms with van der Waals surface area (Å²) in [6.07, 6.45) is 7.37. The lowest BCUT2D eigenvalue weighted by atomic mass is 9.85. The molecule has 1 aliphatic heterocycles. The third kappa shape index (κ3) is 12.4. The molecule has 1 amide bonds. The molecule has 4 aromatic rings. The van der Waals surface area contributed by atoms with Crippen LogP contribution in [-0.2, 0) is 40.3 Å². The number of ether oxygens (including phenoxy) is 3. The van der Waals surface area contributed by atoms with Crippen molar-refractivity contribution in [3.63, 3.8) is 0 Å². The van der Waals surface area contributed by atoms with Gasteiger partial charge in [-0.25, -0.2) is 13.6 Å². The second kappa shape index (κ2) is 19.7. The van der Waals surface area contributed by atoms with Crippen molar-refractivity contribution in [2.75, 3.05) is 13.2 Å². The van der Waals surface area contributed by atoms with E-state index in [4.69, 9.17) is 14.2 Å². The highest BCUT2D eigenvalue weighted by molar-refractivity contribution is 5.69. The Kier molecular flexibility index (Phi) is 14.5. The van der Waals surface area contributed by atoms with Crippen LogP contribution in [0.5, 0.6) is 0 Å². The van der Waals surface area contributed by atoms with Crippen LogP contribution in [0, 0.1) is 17.6 Å². The van der Waals surface area contributed by atoms with Crippen LogP contribution in [0.1, 0.15) is 88.0 Å². The van der Waals surface area contributed by atoms with Crippen LogP contribution < -0.4 is 0 Å². The highest BCUT2D eigenvalue weighted by Crippen LogP contribution is 2.32. The van der Waals surface area contributed by atoms with Gasteiger partial charge in [-0.3, -0.25) is 9.80 Å². The molecule has 1 aliphatic carbocycles. The molecule has 1 saturated heterocycles. The van der Waals surface area contributed by atoms with Crippen molar-refractivity contribution in [1.29, 1.82) is 0 Å². The lowest BCUT2D eigenvalue weighted by molar-refractivity contribution is -0.137. The average molecular weight is 753 g/mol.